The van der Waals surface area contributed by atoms with E-state index in [0.29, 0.717) is 27.4 Å². The molecule has 0 bridgehead atoms. The maximum absolute atomic E-state index is 11.8. The van der Waals surface area contributed by atoms with Crippen LogP contribution in [0.3, 0.4) is 0 Å². The minimum atomic E-state index is -0.171. The lowest BCUT2D eigenvalue weighted by Gasteiger charge is -2.05. The maximum Gasteiger partial charge on any atom is 0.265 e. The van der Waals surface area contributed by atoms with Crippen LogP contribution in [0.1, 0.15) is 11.3 Å². The van der Waals surface area contributed by atoms with Gasteiger partial charge in [0.05, 0.1) is 12.3 Å². The van der Waals surface area contributed by atoms with E-state index in [0.717, 1.165) is 5.56 Å². The number of methoxy groups -OCH3 is 1. The van der Waals surface area contributed by atoms with Gasteiger partial charge in [0.1, 0.15) is 9.26 Å². The Labute approximate surface area is 118 Å². The first-order valence-corrected chi connectivity index (χ1v) is 6.40. The smallest absolute Gasteiger partial charge is 0.265 e. The number of H-pyrrole nitrogens is 1. The quantitative estimate of drug-likeness (QED) is 0.852. The highest BCUT2D eigenvalue weighted by molar-refractivity contribution is 14.1. The Morgan fingerprint density at radius 1 is 1.44 bits per heavy atom. The fourth-order valence-corrected chi connectivity index (χ4v) is 1.88. The van der Waals surface area contributed by atoms with E-state index in [2.05, 4.69) is 15.0 Å². The van der Waals surface area contributed by atoms with Crippen molar-refractivity contribution in [2.24, 2.45) is 0 Å². The molecule has 0 saturated heterocycles. The minimum absolute atomic E-state index is 0.171. The Kier molecular flexibility index (Phi) is 4.07. The molecule has 2 aromatic rings. The number of aryl methyl sites for hydroxylation is 1. The van der Waals surface area contributed by atoms with Gasteiger partial charge in [0.2, 0.25) is 0 Å². The molecule has 0 aromatic carbocycles. The van der Waals surface area contributed by atoms with Gasteiger partial charge in [0.25, 0.3) is 5.56 Å². The fraction of sp³-hybridized carbons (Fsp3) is 0.250. The largest absolute Gasteiger partial charge is 0.378 e. The molecule has 1 N–H and O–H groups in total. The van der Waals surface area contributed by atoms with E-state index < -0.39 is 0 Å². The SMILES string of the molecule is COCc1nc(-c2ccc(C)cn2)[nH]c(=O)c1I. The Morgan fingerprint density at radius 3 is 2.83 bits per heavy atom. The summed E-state index contributed by atoms with van der Waals surface area (Å²) in [6.45, 7) is 2.26. The summed E-state index contributed by atoms with van der Waals surface area (Å²) in [5, 5.41) is 0. The van der Waals surface area contributed by atoms with Gasteiger partial charge < -0.3 is 9.72 Å². The molecule has 6 heteroatoms. The molecule has 0 atom stereocenters. The lowest BCUT2D eigenvalue weighted by atomic mass is 10.2. The molecule has 2 heterocycles. The summed E-state index contributed by atoms with van der Waals surface area (Å²) in [7, 11) is 1.57. The second-order valence-corrected chi connectivity index (χ2v) is 4.91. The number of rotatable bonds is 3. The van der Waals surface area contributed by atoms with Crippen LogP contribution < -0.4 is 5.56 Å². The third kappa shape index (κ3) is 2.75. The molecule has 5 nitrogen and oxygen atoms in total. The van der Waals surface area contributed by atoms with Gasteiger partial charge in [0.15, 0.2) is 5.82 Å². The summed E-state index contributed by atoms with van der Waals surface area (Å²) in [4.78, 5) is 23.1. The Bertz CT molecular complexity index is 608. The van der Waals surface area contributed by atoms with Crippen LogP contribution in [0.25, 0.3) is 11.5 Å². The summed E-state index contributed by atoms with van der Waals surface area (Å²) in [5.74, 6) is 0.465. The van der Waals surface area contributed by atoms with E-state index >= 15 is 0 Å². The molecule has 0 radical (unpaired) electrons. The number of ether oxygens (including phenoxy) is 1. The number of nitrogens with zero attached hydrogens (tertiary/aromatic N) is 2. The maximum atomic E-state index is 11.8. The number of aromatic nitrogens is 3. The van der Waals surface area contributed by atoms with Crippen molar-refractivity contribution in [3.05, 3.63) is 43.5 Å². The zero-order valence-corrected chi connectivity index (χ0v) is 12.2. The highest BCUT2D eigenvalue weighted by atomic mass is 127. The van der Waals surface area contributed by atoms with Crippen molar-refractivity contribution >= 4 is 22.6 Å². The van der Waals surface area contributed by atoms with Crippen molar-refractivity contribution in [3.63, 3.8) is 0 Å². The van der Waals surface area contributed by atoms with Crippen LogP contribution in [0.5, 0.6) is 0 Å². The number of halogens is 1. The molecular formula is C12H12IN3O2. The summed E-state index contributed by atoms with van der Waals surface area (Å²) < 4.78 is 5.58. The Morgan fingerprint density at radius 2 is 2.22 bits per heavy atom. The minimum Gasteiger partial charge on any atom is -0.378 e. The first-order valence-electron chi connectivity index (χ1n) is 5.32. The molecule has 18 heavy (non-hydrogen) atoms. The average Bonchev–Trinajstić information content (AvgIpc) is 2.36. The molecule has 0 amide bonds. The van der Waals surface area contributed by atoms with Gasteiger partial charge in [-0.3, -0.25) is 9.78 Å². The van der Waals surface area contributed by atoms with Crippen molar-refractivity contribution in [2.75, 3.05) is 7.11 Å². The van der Waals surface area contributed by atoms with Crippen molar-refractivity contribution in [1.82, 2.24) is 15.0 Å². The lowest BCUT2D eigenvalue weighted by Crippen LogP contribution is -2.17. The molecule has 0 aliphatic heterocycles. The number of hydrogen-bond donors (Lipinski definition) is 1. The van der Waals surface area contributed by atoms with Crippen molar-refractivity contribution < 1.29 is 4.74 Å². The van der Waals surface area contributed by atoms with Crippen LogP contribution in [0.2, 0.25) is 0 Å². The van der Waals surface area contributed by atoms with Crippen LogP contribution in [0.4, 0.5) is 0 Å². The second-order valence-electron chi connectivity index (χ2n) is 3.83. The van der Waals surface area contributed by atoms with E-state index in [-0.39, 0.29) is 5.56 Å². The van der Waals surface area contributed by atoms with Crippen LogP contribution in [-0.4, -0.2) is 22.1 Å². The van der Waals surface area contributed by atoms with Gasteiger partial charge in [-0.1, -0.05) is 6.07 Å². The third-order valence-electron chi connectivity index (χ3n) is 2.37. The van der Waals surface area contributed by atoms with Crippen LogP contribution in [0.15, 0.2) is 23.1 Å². The number of nitrogens with one attached hydrogen (secondary N) is 1. The zero-order chi connectivity index (χ0) is 13.1. The van der Waals surface area contributed by atoms with Gasteiger partial charge in [-0.15, -0.1) is 0 Å². The highest BCUT2D eigenvalue weighted by Crippen LogP contribution is 2.13. The summed E-state index contributed by atoms with van der Waals surface area (Å²) in [6.07, 6.45) is 1.74. The highest BCUT2D eigenvalue weighted by Gasteiger charge is 2.10. The summed E-state index contributed by atoms with van der Waals surface area (Å²) >= 11 is 1.96. The molecule has 0 aliphatic carbocycles. The van der Waals surface area contributed by atoms with Gasteiger partial charge in [-0.25, -0.2) is 4.98 Å². The first kappa shape index (κ1) is 13.2. The fourth-order valence-electron chi connectivity index (χ4n) is 1.47. The topological polar surface area (TPSA) is 67.9 Å². The van der Waals surface area contributed by atoms with Crippen molar-refractivity contribution in [1.29, 1.82) is 0 Å². The number of aromatic amines is 1. The van der Waals surface area contributed by atoms with E-state index in [1.54, 1.807) is 13.3 Å². The summed E-state index contributed by atoms with van der Waals surface area (Å²) in [5.41, 5.74) is 2.16. The van der Waals surface area contributed by atoms with Gasteiger partial charge in [-0.05, 0) is 41.1 Å². The van der Waals surface area contributed by atoms with Gasteiger partial charge >= 0.3 is 0 Å². The van der Waals surface area contributed by atoms with E-state index in [1.165, 1.54) is 0 Å². The summed E-state index contributed by atoms with van der Waals surface area (Å²) in [6, 6.07) is 3.76. The molecule has 0 unspecified atom stereocenters. The first-order chi connectivity index (χ1) is 8.61. The number of hydrogen-bond acceptors (Lipinski definition) is 4. The number of pyridine rings is 1. The van der Waals surface area contributed by atoms with E-state index in [9.17, 15) is 4.79 Å². The molecule has 0 fully saturated rings. The van der Waals surface area contributed by atoms with E-state index in [1.807, 2.05) is 41.6 Å². The van der Waals surface area contributed by atoms with Gasteiger partial charge in [0, 0.05) is 13.3 Å². The van der Waals surface area contributed by atoms with Crippen LogP contribution >= 0.6 is 22.6 Å². The predicted octanol–water partition coefficient (Wildman–Crippen LogP) is 1.89. The predicted molar refractivity (Wildman–Crippen MR) is 76.3 cm³/mol. The standard InChI is InChI=1S/C12H12IN3O2/c1-7-3-4-8(14-5-7)11-15-9(6-18-2)10(13)12(17)16-11/h3-5H,6H2,1-2H3,(H,15,16,17). The molecular weight excluding hydrogens is 345 g/mol. The van der Waals surface area contributed by atoms with E-state index in [4.69, 9.17) is 4.74 Å². The third-order valence-corrected chi connectivity index (χ3v) is 3.48. The Balaban J connectivity index is 2.51. The van der Waals surface area contributed by atoms with Gasteiger partial charge in [-0.2, -0.15) is 0 Å². The van der Waals surface area contributed by atoms with Crippen LogP contribution in [0, 0.1) is 10.5 Å². The zero-order valence-electron chi connectivity index (χ0n) is 10.0. The molecule has 94 valence electrons. The van der Waals surface area contributed by atoms with Crippen LogP contribution in [-0.2, 0) is 11.3 Å². The molecule has 2 aromatic heterocycles. The molecule has 0 saturated carbocycles. The molecule has 2 rings (SSSR count). The second kappa shape index (κ2) is 5.57. The average molecular weight is 357 g/mol. The van der Waals surface area contributed by atoms with Crippen molar-refractivity contribution in [3.8, 4) is 11.5 Å². The van der Waals surface area contributed by atoms with Crippen molar-refractivity contribution in [2.45, 2.75) is 13.5 Å². The lowest BCUT2D eigenvalue weighted by molar-refractivity contribution is 0.180. The monoisotopic (exact) mass is 357 g/mol. The molecule has 0 aliphatic rings. The Hall–Kier alpha value is -1.28. The normalized spacial score (nSPS) is 10.6. The molecule has 0 spiro atoms.